The lowest BCUT2D eigenvalue weighted by Crippen LogP contribution is -2.17. The Kier molecular flexibility index (Phi) is 8.23. The third-order valence-corrected chi connectivity index (χ3v) is 7.08. The summed E-state index contributed by atoms with van der Waals surface area (Å²) in [6, 6.07) is 21.9. The largest absolute Gasteiger partial charge is 0.481 e. The van der Waals surface area contributed by atoms with E-state index in [0.29, 0.717) is 29.8 Å². The van der Waals surface area contributed by atoms with Gasteiger partial charge in [0.1, 0.15) is 5.25 Å². The van der Waals surface area contributed by atoms with Crippen LogP contribution in [0.25, 0.3) is 11.4 Å². The van der Waals surface area contributed by atoms with Crippen LogP contribution in [-0.4, -0.2) is 27.8 Å². The van der Waals surface area contributed by atoms with Crippen LogP contribution < -0.4 is 5.32 Å². The van der Waals surface area contributed by atoms with E-state index >= 15 is 0 Å². The highest BCUT2D eigenvalue weighted by Crippen LogP contribution is 2.41. The molecule has 0 aliphatic rings. The molecular weight excluding hydrogens is 482 g/mol. The zero-order valence-electron chi connectivity index (χ0n) is 19.5. The van der Waals surface area contributed by atoms with E-state index in [0.717, 1.165) is 21.6 Å². The zero-order valence-corrected chi connectivity index (χ0v) is 21.1. The van der Waals surface area contributed by atoms with Gasteiger partial charge in [-0.2, -0.15) is 4.98 Å². The number of hydrogen-bond acceptors (Lipinski definition) is 6. The first-order valence-corrected chi connectivity index (χ1v) is 12.5. The average Bonchev–Trinajstić information content (AvgIpc) is 3.33. The number of carbonyl (C=O) groups is 1. The molecule has 0 aliphatic heterocycles. The molecular formula is C27H26ClN3O3S. The topological polar surface area (TPSA) is 88.2 Å². The van der Waals surface area contributed by atoms with Crippen molar-refractivity contribution in [3.05, 3.63) is 99.9 Å². The Hall–Kier alpha value is -3.13. The van der Waals surface area contributed by atoms with Crippen molar-refractivity contribution in [1.29, 1.82) is 0 Å². The van der Waals surface area contributed by atoms with Gasteiger partial charge in [-0.1, -0.05) is 59.2 Å². The molecule has 35 heavy (non-hydrogen) atoms. The number of carboxylic acids is 1. The van der Waals surface area contributed by atoms with Crippen LogP contribution in [0.4, 0.5) is 0 Å². The van der Waals surface area contributed by atoms with Crippen molar-refractivity contribution in [2.45, 2.75) is 37.0 Å². The molecule has 4 rings (SSSR count). The number of aliphatic carboxylic acids is 1. The van der Waals surface area contributed by atoms with Gasteiger partial charge in [-0.25, -0.2) is 0 Å². The Bertz CT molecular complexity index is 1310. The van der Waals surface area contributed by atoms with Gasteiger partial charge in [-0.05, 0) is 60.4 Å². The van der Waals surface area contributed by atoms with Gasteiger partial charge in [0.25, 0.3) is 0 Å². The lowest BCUT2D eigenvalue weighted by Gasteiger charge is -2.14. The Morgan fingerprint density at radius 3 is 2.60 bits per heavy atom. The molecule has 1 heterocycles. The van der Waals surface area contributed by atoms with Gasteiger partial charge in [-0.15, -0.1) is 11.8 Å². The van der Waals surface area contributed by atoms with Crippen molar-refractivity contribution in [3.8, 4) is 11.4 Å². The van der Waals surface area contributed by atoms with Crippen LogP contribution in [0.5, 0.6) is 0 Å². The number of carboxylic acid groups (broad SMARTS) is 1. The fourth-order valence-electron chi connectivity index (χ4n) is 3.51. The van der Waals surface area contributed by atoms with Gasteiger partial charge in [0.05, 0.1) is 6.42 Å². The summed E-state index contributed by atoms with van der Waals surface area (Å²) in [7, 11) is 0. The highest BCUT2D eigenvalue weighted by atomic mass is 35.5. The van der Waals surface area contributed by atoms with Gasteiger partial charge in [0, 0.05) is 28.6 Å². The van der Waals surface area contributed by atoms with Crippen LogP contribution >= 0.6 is 23.4 Å². The lowest BCUT2D eigenvalue weighted by atomic mass is 10.1. The normalized spacial score (nSPS) is 12.0. The summed E-state index contributed by atoms with van der Waals surface area (Å²) in [4.78, 5) is 16.5. The second-order valence-electron chi connectivity index (χ2n) is 8.27. The molecule has 0 amide bonds. The number of aryl methyl sites for hydroxylation is 2. The summed E-state index contributed by atoms with van der Waals surface area (Å²) in [5, 5.41) is 16.5. The fourth-order valence-corrected chi connectivity index (χ4v) is 4.85. The monoisotopic (exact) mass is 507 g/mol. The predicted molar refractivity (Wildman–Crippen MR) is 139 cm³/mol. The Labute approximate surface area is 213 Å². The molecule has 0 aliphatic carbocycles. The molecule has 8 heteroatoms. The number of thioether (sulfide) groups is 1. The van der Waals surface area contributed by atoms with E-state index in [1.807, 2.05) is 48.5 Å². The Morgan fingerprint density at radius 2 is 1.89 bits per heavy atom. The van der Waals surface area contributed by atoms with Crippen molar-refractivity contribution in [3.63, 3.8) is 0 Å². The first-order valence-electron chi connectivity index (χ1n) is 11.2. The van der Waals surface area contributed by atoms with Gasteiger partial charge in [0.15, 0.2) is 0 Å². The Morgan fingerprint density at radius 1 is 1.09 bits per heavy atom. The van der Waals surface area contributed by atoms with Crippen molar-refractivity contribution < 1.29 is 14.4 Å². The maximum absolute atomic E-state index is 10.6. The minimum absolute atomic E-state index is 0.0949. The standard InChI is InChI=1S/C27H26ClN3O3S/c1-17-6-11-23(14-18(17)2)35-25(21-4-3-5-22(28)15-21)27-30-26(31-34-27)20-9-7-19(8-10-20)16-29-13-12-24(32)33/h3-11,14-15,25,29H,12-13,16H2,1-2H3,(H,32,33). The van der Waals surface area contributed by atoms with Gasteiger partial charge in [0.2, 0.25) is 11.7 Å². The number of nitrogens with zero attached hydrogens (tertiary/aromatic N) is 2. The highest BCUT2D eigenvalue weighted by Gasteiger charge is 2.23. The minimum atomic E-state index is -0.812. The van der Waals surface area contributed by atoms with Gasteiger partial charge < -0.3 is 14.9 Å². The molecule has 0 radical (unpaired) electrons. The van der Waals surface area contributed by atoms with Crippen LogP contribution in [-0.2, 0) is 11.3 Å². The van der Waals surface area contributed by atoms with Gasteiger partial charge >= 0.3 is 5.97 Å². The number of rotatable bonds is 10. The number of aromatic nitrogens is 2. The molecule has 2 N–H and O–H groups in total. The number of nitrogens with one attached hydrogen (secondary N) is 1. The Balaban J connectivity index is 1.54. The first-order chi connectivity index (χ1) is 16.9. The van der Waals surface area contributed by atoms with Crippen LogP contribution in [0.15, 0.2) is 76.1 Å². The third-order valence-electron chi connectivity index (χ3n) is 5.61. The van der Waals surface area contributed by atoms with Crippen LogP contribution in [0, 0.1) is 13.8 Å². The molecule has 6 nitrogen and oxygen atoms in total. The summed E-state index contributed by atoms with van der Waals surface area (Å²) in [6.07, 6.45) is 0.0949. The summed E-state index contributed by atoms with van der Waals surface area (Å²) in [6.45, 7) is 5.21. The molecule has 0 spiro atoms. The maximum atomic E-state index is 10.6. The predicted octanol–water partition coefficient (Wildman–Crippen LogP) is 6.45. The van der Waals surface area contributed by atoms with Crippen molar-refractivity contribution in [1.82, 2.24) is 15.5 Å². The number of benzene rings is 3. The van der Waals surface area contributed by atoms with Crippen LogP contribution in [0.3, 0.4) is 0 Å². The quantitative estimate of drug-likeness (QED) is 0.188. The fraction of sp³-hybridized carbons (Fsp3) is 0.222. The lowest BCUT2D eigenvalue weighted by molar-refractivity contribution is -0.136. The van der Waals surface area contributed by atoms with Crippen LogP contribution in [0.2, 0.25) is 5.02 Å². The second kappa shape index (κ2) is 11.5. The van der Waals surface area contributed by atoms with Crippen molar-refractivity contribution >= 4 is 29.3 Å². The van der Waals surface area contributed by atoms with Gasteiger partial charge in [-0.3, -0.25) is 4.79 Å². The van der Waals surface area contributed by atoms with E-state index < -0.39 is 5.97 Å². The maximum Gasteiger partial charge on any atom is 0.304 e. The summed E-state index contributed by atoms with van der Waals surface area (Å²) in [5.41, 5.74) is 5.34. The molecule has 3 aromatic carbocycles. The van der Waals surface area contributed by atoms with E-state index in [4.69, 9.17) is 26.2 Å². The number of halogens is 1. The average molecular weight is 508 g/mol. The van der Waals surface area contributed by atoms with Crippen molar-refractivity contribution in [2.24, 2.45) is 0 Å². The molecule has 180 valence electrons. The third kappa shape index (κ3) is 6.72. The van der Waals surface area contributed by atoms with E-state index in [9.17, 15) is 4.79 Å². The zero-order chi connectivity index (χ0) is 24.8. The van der Waals surface area contributed by atoms with Crippen molar-refractivity contribution in [2.75, 3.05) is 6.54 Å². The molecule has 0 bridgehead atoms. The summed E-state index contributed by atoms with van der Waals surface area (Å²) < 4.78 is 5.74. The number of hydrogen-bond donors (Lipinski definition) is 2. The van der Waals surface area contributed by atoms with E-state index in [2.05, 4.69) is 42.5 Å². The molecule has 1 atom stereocenters. The molecule has 0 fully saturated rings. The van der Waals surface area contributed by atoms with E-state index in [1.165, 1.54) is 11.1 Å². The molecule has 0 saturated carbocycles. The minimum Gasteiger partial charge on any atom is -0.481 e. The highest BCUT2D eigenvalue weighted by molar-refractivity contribution is 7.99. The van der Waals surface area contributed by atoms with E-state index in [1.54, 1.807) is 11.8 Å². The second-order valence-corrected chi connectivity index (χ2v) is 9.89. The van der Waals surface area contributed by atoms with Crippen LogP contribution in [0.1, 0.15) is 39.8 Å². The van der Waals surface area contributed by atoms with E-state index in [-0.39, 0.29) is 11.7 Å². The molecule has 1 unspecified atom stereocenters. The summed E-state index contributed by atoms with van der Waals surface area (Å²) in [5.74, 6) is 0.204. The summed E-state index contributed by atoms with van der Waals surface area (Å²) >= 11 is 7.94. The SMILES string of the molecule is Cc1ccc(SC(c2cccc(Cl)c2)c2nc(-c3ccc(CNCCC(=O)O)cc3)no2)cc1C. The molecule has 1 aromatic heterocycles. The molecule has 4 aromatic rings. The smallest absolute Gasteiger partial charge is 0.304 e. The molecule has 0 saturated heterocycles. The first kappa shape index (κ1) is 25.0.